The summed E-state index contributed by atoms with van der Waals surface area (Å²) in [5.41, 5.74) is 0.651. The minimum Gasteiger partial charge on any atom is -0.459 e. The Morgan fingerprint density at radius 2 is 2.10 bits per heavy atom. The molecular formula is C13H13Cl2N3O2S. The minimum absolute atomic E-state index is 0.0565. The van der Waals surface area contributed by atoms with Crippen molar-refractivity contribution in [1.29, 1.82) is 0 Å². The lowest BCUT2D eigenvalue weighted by molar-refractivity contribution is -0.120. The zero-order valence-electron chi connectivity index (χ0n) is 11.4. The van der Waals surface area contributed by atoms with E-state index in [4.69, 9.17) is 27.9 Å². The molecule has 0 saturated carbocycles. The van der Waals surface area contributed by atoms with Gasteiger partial charge in [0.05, 0.1) is 10.7 Å². The van der Waals surface area contributed by atoms with Crippen LogP contribution < -0.4 is 9.64 Å². The first-order chi connectivity index (χ1) is 9.99. The van der Waals surface area contributed by atoms with Crippen LogP contribution in [0.5, 0.6) is 5.19 Å². The molecule has 8 heteroatoms. The van der Waals surface area contributed by atoms with E-state index in [0.29, 0.717) is 10.7 Å². The summed E-state index contributed by atoms with van der Waals surface area (Å²) in [6.07, 6.45) is 0. The fraction of sp³-hybridized carbons (Fsp3) is 0.308. The molecule has 0 aliphatic rings. The number of benzene rings is 1. The van der Waals surface area contributed by atoms with Crippen LogP contribution in [0.4, 0.5) is 5.69 Å². The third-order valence-electron chi connectivity index (χ3n) is 2.60. The monoisotopic (exact) mass is 345 g/mol. The number of hydrogen-bond acceptors (Lipinski definition) is 5. The Balaban J connectivity index is 2.11. The minimum atomic E-state index is -0.218. The SMILES string of the molecule is CC(C)N(C(=O)COc1nc(Cl)ns1)c1ccccc1Cl. The van der Waals surface area contributed by atoms with E-state index in [9.17, 15) is 4.79 Å². The van der Waals surface area contributed by atoms with E-state index in [2.05, 4.69) is 9.36 Å². The van der Waals surface area contributed by atoms with Crippen LogP contribution in [0.15, 0.2) is 24.3 Å². The van der Waals surface area contributed by atoms with Crippen LogP contribution in [0.2, 0.25) is 10.3 Å². The van der Waals surface area contributed by atoms with Gasteiger partial charge in [-0.05, 0) is 37.6 Å². The van der Waals surface area contributed by atoms with Crippen molar-refractivity contribution in [2.45, 2.75) is 19.9 Å². The molecule has 2 rings (SSSR count). The number of rotatable bonds is 5. The van der Waals surface area contributed by atoms with Gasteiger partial charge < -0.3 is 9.64 Å². The number of carbonyl (C=O) groups excluding carboxylic acids is 1. The molecule has 0 aliphatic heterocycles. The number of para-hydroxylation sites is 1. The van der Waals surface area contributed by atoms with Crippen molar-refractivity contribution in [3.8, 4) is 5.19 Å². The molecule has 0 radical (unpaired) electrons. The maximum atomic E-state index is 12.4. The van der Waals surface area contributed by atoms with Crippen molar-refractivity contribution in [3.05, 3.63) is 34.6 Å². The number of halogens is 2. The van der Waals surface area contributed by atoms with Gasteiger partial charge in [-0.3, -0.25) is 4.79 Å². The van der Waals surface area contributed by atoms with Crippen LogP contribution in [-0.2, 0) is 4.79 Å². The average molecular weight is 346 g/mol. The number of amides is 1. The number of hydrogen-bond donors (Lipinski definition) is 0. The highest BCUT2D eigenvalue weighted by molar-refractivity contribution is 7.07. The van der Waals surface area contributed by atoms with Crippen LogP contribution in [-0.4, -0.2) is 27.9 Å². The van der Waals surface area contributed by atoms with Crippen LogP contribution in [0.1, 0.15) is 13.8 Å². The van der Waals surface area contributed by atoms with E-state index in [1.807, 2.05) is 26.0 Å². The first kappa shape index (κ1) is 16.0. The van der Waals surface area contributed by atoms with E-state index in [0.717, 1.165) is 11.5 Å². The molecule has 0 fully saturated rings. The first-order valence-electron chi connectivity index (χ1n) is 6.17. The molecule has 21 heavy (non-hydrogen) atoms. The molecule has 0 unspecified atom stereocenters. The second kappa shape index (κ2) is 7.06. The lowest BCUT2D eigenvalue weighted by Gasteiger charge is -2.27. The normalized spacial score (nSPS) is 10.7. The quantitative estimate of drug-likeness (QED) is 0.829. The average Bonchev–Trinajstić information content (AvgIpc) is 2.84. The van der Waals surface area contributed by atoms with Gasteiger partial charge in [-0.15, -0.1) is 0 Å². The van der Waals surface area contributed by atoms with Gasteiger partial charge in [0.25, 0.3) is 11.1 Å². The number of ether oxygens (including phenoxy) is 1. The van der Waals surface area contributed by atoms with Crippen LogP contribution >= 0.6 is 34.7 Å². The van der Waals surface area contributed by atoms with E-state index < -0.39 is 0 Å². The summed E-state index contributed by atoms with van der Waals surface area (Å²) >= 11 is 12.8. The molecule has 0 atom stereocenters. The molecule has 5 nitrogen and oxygen atoms in total. The number of aromatic nitrogens is 2. The van der Waals surface area contributed by atoms with Crippen molar-refractivity contribution in [1.82, 2.24) is 9.36 Å². The zero-order valence-corrected chi connectivity index (χ0v) is 13.7. The van der Waals surface area contributed by atoms with E-state index >= 15 is 0 Å². The molecule has 1 aromatic heterocycles. The standard InChI is InChI=1S/C13H13Cl2N3O2S/c1-8(2)18(10-6-4-3-5-9(10)14)11(19)7-20-13-16-12(15)17-21-13/h3-6,8H,7H2,1-2H3. The highest BCUT2D eigenvalue weighted by Gasteiger charge is 2.22. The summed E-state index contributed by atoms with van der Waals surface area (Å²) in [5.74, 6) is -0.218. The second-order valence-corrected chi connectivity index (χ2v) is 5.89. The number of nitrogens with zero attached hydrogens (tertiary/aromatic N) is 3. The molecule has 112 valence electrons. The maximum absolute atomic E-state index is 12.4. The molecule has 0 aliphatic carbocycles. The highest BCUT2D eigenvalue weighted by atomic mass is 35.5. The van der Waals surface area contributed by atoms with Gasteiger partial charge in [-0.1, -0.05) is 23.7 Å². The molecule has 0 N–H and O–H groups in total. The summed E-state index contributed by atoms with van der Waals surface area (Å²) in [5, 5.41) is 0.879. The molecule has 0 bridgehead atoms. The van der Waals surface area contributed by atoms with Crippen molar-refractivity contribution in [2.24, 2.45) is 0 Å². The van der Waals surface area contributed by atoms with Gasteiger partial charge in [-0.25, -0.2) is 0 Å². The van der Waals surface area contributed by atoms with E-state index in [-0.39, 0.29) is 29.0 Å². The molecule has 1 amide bonds. The third-order valence-corrected chi connectivity index (χ3v) is 3.82. The first-order valence-corrected chi connectivity index (χ1v) is 7.70. The van der Waals surface area contributed by atoms with Crippen molar-refractivity contribution in [2.75, 3.05) is 11.5 Å². The van der Waals surface area contributed by atoms with Gasteiger partial charge in [0, 0.05) is 17.6 Å². The van der Waals surface area contributed by atoms with Crippen molar-refractivity contribution < 1.29 is 9.53 Å². The molecular weight excluding hydrogens is 333 g/mol. The Morgan fingerprint density at radius 3 is 2.67 bits per heavy atom. The lowest BCUT2D eigenvalue weighted by Crippen LogP contribution is -2.40. The smallest absolute Gasteiger partial charge is 0.294 e. The predicted molar refractivity (Wildman–Crippen MR) is 84.5 cm³/mol. The Bertz CT molecular complexity index is 633. The van der Waals surface area contributed by atoms with Gasteiger partial charge >= 0.3 is 0 Å². The van der Waals surface area contributed by atoms with Crippen LogP contribution in [0.25, 0.3) is 0 Å². The maximum Gasteiger partial charge on any atom is 0.294 e. The zero-order chi connectivity index (χ0) is 15.4. The van der Waals surface area contributed by atoms with Gasteiger partial charge in [0.1, 0.15) is 0 Å². The fourth-order valence-electron chi connectivity index (χ4n) is 1.79. The molecule has 1 aromatic carbocycles. The van der Waals surface area contributed by atoms with Crippen molar-refractivity contribution >= 4 is 46.3 Å². The van der Waals surface area contributed by atoms with Crippen LogP contribution in [0, 0.1) is 0 Å². The van der Waals surface area contributed by atoms with Gasteiger partial charge in [-0.2, -0.15) is 9.36 Å². The third kappa shape index (κ3) is 4.06. The van der Waals surface area contributed by atoms with E-state index in [1.54, 1.807) is 17.0 Å². The summed E-state index contributed by atoms with van der Waals surface area (Å²) in [4.78, 5) is 17.8. The molecule has 2 aromatic rings. The summed E-state index contributed by atoms with van der Waals surface area (Å²) in [7, 11) is 0. The Kier molecular flexibility index (Phi) is 5.39. The van der Waals surface area contributed by atoms with Crippen molar-refractivity contribution in [3.63, 3.8) is 0 Å². The molecule has 1 heterocycles. The number of anilines is 1. The summed E-state index contributed by atoms with van der Waals surface area (Å²) in [6, 6.07) is 7.12. The second-order valence-electron chi connectivity index (χ2n) is 4.43. The largest absolute Gasteiger partial charge is 0.459 e. The predicted octanol–water partition coefficient (Wildman–Crippen LogP) is 3.67. The van der Waals surface area contributed by atoms with E-state index in [1.165, 1.54) is 0 Å². The lowest BCUT2D eigenvalue weighted by atomic mass is 10.2. The Morgan fingerprint density at radius 1 is 1.38 bits per heavy atom. The fourth-order valence-corrected chi connectivity index (χ4v) is 2.68. The summed E-state index contributed by atoms with van der Waals surface area (Å²) in [6.45, 7) is 3.65. The van der Waals surface area contributed by atoms with Crippen LogP contribution in [0.3, 0.4) is 0 Å². The van der Waals surface area contributed by atoms with Gasteiger partial charge in [0.2, 0.25) is 5.28 Å². The highest BCUT2D eigenvalue weighted by Crippen LogP contribution is 2.27. The Labute approximate surface area is 136 Å². The summed E-state index contributed by atoms with van der Waals surface area (Å²) < 4.78 is 9.08. The number of carbonyl (C=O) groups is 1. The Hall–Kier alpha value is -1.37. The molecule has 0 saturated heterocycles. The topological polar surface area (TPSA) is 55.3 Å². The molecule has 0 spiro atoms. The van der Waals surface area contributed by atoms with Gasteiger partial charge in [0.15, 0.2) is 6.61 Å².